The third-order valence-electron chi connectivity index (χ3n) is 5.37. The number of thioether (sulfide) groups is 1. The molecular weight excluding hydrogens is 466 g/mol. The van der Waals surface area contributed by atoms with Gasteiger partial charge in [0.1, 0.15) is 4.32 Å². The van der Waals surface area contributed by atoms with Crippen LogP contribution in [-0.2, 0) is 15.8 Å². The van der Waals surface area contributed by atoms with Gasteiger partial charge < -0.3 is 4.90 Å². The molecular formula is C22H21N3O4S3. The first-order valence-corrected chi connectivity index (χ1v) is 12.8. The molecule has 0 saturated carbocycles. The fourth-order valence-electron chi connectivity index (χ4n) is 3.62. The van der Waals surface area contributed by atoms with E-state index in [1.54, 1.807) is 24.3 Å². The van der Waals surface area contributed by atoms with E-state index in [9.17, 15) is 18.5 Å². The number of hydrogen-bond acceptors (Lipinski definition) is 6. The van der Waals surface area contributed by atoms with Crippen LogP contribution in [0.15, 0.2) is 71.6 Å². The highest BCUT2D eigenvalue weighted by molar-refractivity contribution is 8.22. The van der Waals surface area contributed by atoms with Crippen molar-refractivity contribution in [3.8, 4) is 0 Å². The largest absolute Gasteiger partial charge is 0.355 e. The topological polar surface area (TPSA) is 83.8 Å². The van der Waals surface area contributed by atoms with Crippen LogP contribution < -0.4 is 0 Å². The molecule has 0 bridgehead atoms. The monoisotopic (exact) mass is 487 g/mol. The van der Waals surface area contributed by atoms with Gasteiger partial charge in [-0.05, 0) is 17.0 Å². The maximum absolute atomic E-state index is 13.3. The molecule has 0 amide bonds. The summed E-state index contributed by atoms with van der Waals surface area (Å²) in [4.78, 5) is 12.7. The van der Waals surface area contributed by atoms with Gasteiger partial charge in [0.25, 0.3) is 5.69 Å². The standard InChI is InChI=1S/C22H21N3O4S3/c26-25(27)19-10-8-17(9-11-19)16-31-22(30)23-12-14-24(15-13-23)32(28,29)21-7-3-5-18-4-1-2-6-20(18)21/h1-11H,12-16H2. The quantitative estimate of drug-likeness (QED) is 0.302. The van der Waals surface area contributed by atoms with Gasteiger partial charge in [0.05, 0.1) is 9.82 Å². The average molecular weight is 488 g/mol. The van der Waals surface area contributed by atoms with E-state index >= 15 is 0 Å². The Bertz CT molecular complexity index is 1250. The van der Waals surface area contributed by atoms with Gasteiger partial charge in [0, 0.05) is 49.5 Å². The summed E-state index contributed by atoms with van der Waals surface area (Å²) in [5.74, 6) is 0.603. The molecule has 32 heavy (non-hydrogen) atoms. The van der Waals surface area contributed by atoms with Crippen LogP contribution in [0.4, 0.5) is 5.69 Å². The molecule has 1 aliphatic heterocycles. The second-order valence-electron chi connectivity index (χ2n) is 7.35. The summed E-state index contributed by atoms with van der Waals surface area (Å²) in [5.41, 5.74) is 1.00. The van der Waals surface area contributed by atoms with Crippen molar-refractivity contribution in [2.45, 2.75) is 10.6 Å². The van der Waals surface area contributed by atoms with Crippen molar-refractivity contribution in [2.75, 3.05) is 26.2 Å². The number of non-ortho nitro benzene ring substituents is 1. The lowest BCUT2D eigenvalue weighted by molar-refractivity contribution is -0.384. The molecule has 0 unspecified atom stereocenters. The van der Waals surface area contributed by atoms with E-state index in [2.05, 4.69) is 0 Å². The number of thiocarbonyl (C=S) groups is 1. The first-order chi connectivity index (χ1) is 15.4. The number of nitro benzene ring substituents is 1. The minimum Gasteiger partial charge on any atom is -0.355 e. The summed E-state index contributed by atoms with van der Waals surface area (Å²) >= 11 is 7.02. The minimum atomic E-state index is -3.60. The lowest BCUT2D eigenvalue weighted by Gasteiger charge is -2.35. The van der Waals surface area contributed by atoms with Crippen molar-refractivity contribution in [1.82, 2.24) is 9.21 Å². The molecule has 4 rings (SSSR count). The van der Waals surface area contributed by atoms with Crippen LogP contribution in [0.2, 0.25) is 0 Å². The van der Waals surface area contributed by atoms with Crippen molar-refractivity contribution in [3.05, 3.63) is 82.4 Å². The predicted molar refractivity (Wildman–Crippen MR) is 131 cm³/mol. The zero-order valence-electron chi connectivity index (χ0n) is 17.1. The number of hydrogen-bond donors (Lipinski definition) is 0. The Hall–Kier alpha value is -2.53. The zero-order valence-corrected chi connectivity index (χ0v) is 19.5. The molecule has 1 heterocycles. The number of rotatable bonds is 5. The van der Waals surface area contributed by atoms with Gasteiger partial charge in [-0.3, -0.25) is 10.1 Å². The fraction of sp³-hybridized carbons (Fsp3) is 0.227. The predicted octanol–water partition coefficient (Wildman–Crippen LogP) is 4.27. The fourth-order valence-corrected chi connectivity index (χ4v) is 6.46. The van der Waals surface area contributed by atoms with Gasteiger partial charge >= 0.3 is 0 Å². The van der Waals surface area contributed by atoms with Gasteiger partial charge in [-0.1, -0.05) is 72.5 Å². The SMILES string of the molecule is O=[N+]([O-])c1ccc(CSC(=S)N2CCN(S(=O)(=O)c3cccc4ccccc34)CC2)cc1. The van der Waals surface area contributed by atoms with E-state index in [-0.39, 0.29) is 5.69 Å². The Morgan fingerprint density at radius 1 is 0.969 bits per heavy atom. The van der Waals surface area contributed by atoms with Crippen LogP contribution in [0, 0.1) is 10.1 Å². The van der Waals surface area contributed by atoms with Crippen molar-refractivity contribution in [1.29, 1.82) is 0 Å². The van der Waals surface area contributed by atoms with Crippen LogP contribution in [0.5, 0.6) is 0 Å². The van der Waals surface area contributed by atoms with Crippen molar-refractivity contribution < 1.29 is 13.3 Å². The van der Waals surface area contributed by atoms with E-state index < -0.39 is 14.9 Å². The number of fused-ring (bicyclic) bond motifs is 1. The average Bonchev–Trinajstić information content (AvgIpc) is 2.82. The number of nitro groups is 1. The van der Waals surface area contributed by atoms with Gasteiger partial charge in [-0.2, -0.15) is 4.31 Å². The molecule has 10 heteroatoms. The maximum Gasteiger partial charge on any atom is 0.269 e. The summed E-state index contributed by atoms with van der Waals surface area (Å²) in [7, 11) is -3.60. The molecule has 1 fully saturated rings. The highest BCUT2D eigenvalue weighted by atomic mass is 32.2. The molecule has 3 aromatic rings. The van der Waals surface area contributed by atoms with Gasteiger partial charge in [0.15, 0.2) is 0 Å². The molecule has 1 aliphatic rings. The molecule has 166 valence electrons. The molecule has 0 spiro atoms. The van der Waals surface area contributed by atoms with Crippen LogP contribution in [0.3, 0.4) is 0 Å². The van der Waals surface area contributed by atoms with Crippen LogP contribution >= 0.6 is 24.0 Å². The Morgan fingerprint density at radius 2 is 1.62 bits per heavy atom. The second kappa shape index (κ2) is 9.53. The van der Waals surface area contributed by atoms with Crippen LogP contribution in [-0.4, -0.2) is 53.0 Å². The molecule has 0 aromatic heterocycles. The molecule has 0 N–H and O–H groups in total. The first kappa shape index (κ1) is 22.7. The van der Waals surface area contributed by atoms with Crippen molar-refractivity contribution in [3.63, 3.8) is 0 Å². The Morgan fingerprint density at radius 3 is 2.31 bits per heavy atom. The smallest absolute Gasteiger partial charge is 0.269 e. The second-order valence-corrected chi connectivity index (χ2v) is 10.9. The Kier molecular flexibility index (Phi) is 6.75. The van der Waals surface area contributed by atoms with E-state index in [4.69, 9.17) is 12.2 Å². The highest BCUT2D eigenvalue weighted by Gasteiger charge is 2.30. The van der Waals surface area contributed by atoms with Gasteiger partial charge in [-0.25, -0.2) is 8.42 Å². The Balaban J connectivity index is 1.37. The molecule has 0 aliphatic carbocycles. The van der Waals surface area contributed by atoms with Crippen LogP contribution in [0.1, 0.15) is 5.56 Å². The van der Waals surface area contributed by atoms with E-state index in [1.165, 1.54) is 28.2 Å². The third-order valence-corrected chi connectivity index (χ3v) is 8.93. The summed E-state index contributed by atoms with van der Waals surface area (Å²) in [6, 6.07) is 19.2. The lowest BCUT2D eigenvalue weighted by Crippen LogP contribution is -2.49. The lowest BCUT2D eigenvalue weighted by atomic mass is 10.1. The summed E-state index contributed by atoms with van der Waals surface area (Å²) in [5, 5.41) is 12.4. The maximum atomic E-state index is 13.3. The summed E-state index contributed by atoms with van der Waals surface area (Å²) < 4.78 is 28.8. The first-order valence-electron chi connectivity index (χ1n) is 9.99. The van der Waals surface area contributed by atoms with Gasteiger partial charge in [-0.15, -0.1) is 0 Å². The molecule has 3 aromatic carbocycles. The highest BCUT2D eigenvalue weighted by Crippen LogP contribution is 2.27. The normalized spacial score (nSPS) is 15.1. The third kappa shape index (κ3) is 4.78. The van der Waals surface area contributed by atoms with E-state index in [1.807, 2.05) is 35.2 Å². The minimum absolute atomic E-state index is 0.0600. The van der Waals surface area contributed by atoms with Gasteiger partial charge in [0.2, 0.25) is 10.0 Å². The molecule has 7 nitrogen and oxygen atoms in total. The van der Waals surface area contributed by atoms with Crippen LogP contribution in [0.25, 0.3) is 10.8 Å². The summed E-state index contributed by atoms with van der Waals surface area (Å²) in [6.45, 7) is 1.78. The van der Waals surface area contributed by atoms with E-state index in [0.29, 0.717) is 41.1 Å². The number of piperazine rings is 1. The van der Waals surface area contributed by atoms with E-state index in [0.717, 1.165) is 16.3 Å². The number of benzene rings is 3. The Labute approximate surface area is 196 Å². The molecule has 0 atom stereocenters. The van der Waals surface area contributed by atoms with Crippen molar-refractivity contribution in [2.24, 2.45) is 0 Å². The molecule has 0 radical (unpaired) electrons. The summed E-state index contributed by atoms with van der Waals surface area (Å²) in [6.07, 6.45) is 0. The zero-order chi connectivity index (χ0) is 22.7. The number of nitrogens with zero attached hydrogens (tertiary/aromatic N) is 3. The molecule has 1 saturated heterocycles. The van der Waals surface area contributed by atoms with Crippen molar-refractivity contribution >= 4 is 54.8 Å². The number of sulfonamides is 1.